The van der Waals surface area contributed by atoms with E-state index in [0.29, 0.717) is 18.2 Å². The first-order valence-electron chi connectivity index (χ1n) is 6.06. The van der Waals surface area contributed by atoms with E-state index in [1.165, 1.54) is 0 Å². The molecule has 0 aliphatic rings. The summed E-state index contributed by atoms with van der Waals surface area (Å²) in [6, 6.07) is 2.94. The van der Waals surface area contributed by atoms with Crippen LogP contribution < -0.4 is 10.6 Å². The van der Waals surface area contributed by atoms with Crippen LogP contribution in [-0.4, -0.2) is 38.1 Å². The molecule has 0 aliphatic carbocycles. The second-order valence-corrected chi connectivity index (χ2v) is 4.43. The number of carbonyl (C=O) groups excluding carboxylic acids is 1. The minimum absolute atomic E-state index is 0.153. The van der Waals surface area contributed by atoms with Crippen molar-refractivity contribution in [1.82, 2.24) is 30.9 Å². The van der Waals surface area contributed by atoms with Crippen molar-refractivity contribution in [1.29, 1.82) is 0 Å². The summed E-state index contributed by atoms with van der Waals surface area (Å²) in [6.07, 6.45) is 0. The highest BCUT2D eigenvalue weighted by Crippen LogP contribution is 2.17. The number of tetrazole rings is 1. The van der Waals surface area contributed by atoms with E-state index in [4.69, 9.17) is 11.6 Å². The number of hydrogen-bond donors (Lipinski definition) is 3. The number of aromatic nitrogens is 5. The van der Waals surface area contributed by atoms with Crippen LogP contribution in [0.1, 0.15) is 36.2 Å². The second kappa shape index (κ2) is 6.29. The summed E-state index contributed by atoms with van der Waals surface area (Å²) in [5.41, 5.74) is 0.153. The highest BCUT2D eigenvalue weighted by molar-refractivity contribution is 6.33. The molecule has 20 heavy (non-hydrogen) atoms. The van der Waals surface area contributed by atoms with Crippen LogP contribution in [0, 0.1) is 0 Å². The van der Waals surface area contributed by atoms with E-state index in [0.717, 1.165) is 0 Å². The number of pyridine rings is 1. The normalized spacial score (nSPS) is 11.9. The molecule has 0 aliphatic heterocycles. The van der Waals surface area contributed by atoms with E-state index in [2.05, 4.69) is 36.2 Å². The van der Waals surface area contributed by atoms with Crippen LogP contribution >= 0.6 is 11.6 Å². The maximum absolute atomic E-state index is 12.2. The van der Waals surface area contributed by atoms with Gasteiger partial charge >= 0.3 is 0 Å². The summed E-state index contributed by atoms with van der Waals surface area (Å²) in [7, 11) is 0. The summed E-state index contributed by atoms with van der Waals surface area (Å²) in [5.74, 6) is 0.582. The first-order chi connectivity index (χ1) is 9.61. The van der Waals surface area contributed by atoms with Crippen molar-refractivity contribution >= 4 is 23.3 Å². The minimum atomic E-state index is -0.401. The number of hydrogen-bond acceptors (Lipinski definition) is 6. The lowest BCUT2D eigenvalue weighted by molar-refractivity contribution is 0.0933. The van der Waals surface area contributed by atoms with Crippen molar-refractivity contribution in [3.63, 3.8) is 0 Å². The first-order valence-corrected chi connectivity index (χ1v) is 6.44. The van der Waals surface area contributed by atoms with Crippen molar-refractivity contribution in [2.75, 3.05) is 11.9 Å². The second-order valence-electron chi connectivity index (χ2n) is 4.02. The fourth-order valence-electron chi connectivity index (χ4n) is 1.56. The van der Waals surface area contributed by atoms with Crippen LogP contribution in [0.4, 0.5) is 5.82 Å². The van der Waals surface area contributed by atoms with Gasteiger partial charge in [-0.3, -0.25) is 4.79 Å². The summed E-state index contributed by atoms with van der Waals surface area (Å²) in [4.78, 5) is 16.3. The molecule has 0 aromatic carbocycles. The van der Waals surface area contributed by atoms with Crippen molar-refractivity contribution < 1.29 is 4.79 Å². The van der Waals surface area contributed by atoms with Crippen LogP contribution in [0.25, 0.3) is 0 Å². The Bertz CT molecular complexity index is 586. The van der Waals surface area contributed by atoms with E-state index in [9.17, 15) is 4.79 Å². The van der Waals surface area contributed by atoms with Gasteiger partial charge in [0.1, 0.15) is 11.5 Å². The molecule has 9 heteroatoms. The van der Waals surface area contributed by atoms with Gasteiger partial charge in [-0.2, -0.15) is 5.21 Å². The third-order valence-corrected chi connectivity index (χ3v) is 2.82. The lowest BCUT2D eigenvalue weighted by atomic mass is 10.2. The zero-order valence-corrected chi connectivity index (χ0v) is 11.8. The van der Waals surface area contributed by atoms with Gasteiger partial charge in [-0.1, -0.05) is 16.8 Å². The Labute approximate surface area is 120 Å². The number of aromatic amines is 1. The molecule has 0 saturated heterocycles. The molecule has 0 bridgehead atoms. The molecule has 1 atom stereocenters. The van der Waals surface area contributed by atoms with Crippen LogP contribution in [0.5, 0.6) is 0 Å². The quantitative estimate of drug-likeness (QED) is 0.764. The lowest BCUT2D eigenvalue weighted by Gasteiger charge is -2.11. The average molecular weight is 296 g/mol. The lowest BCUT2D eigenvalue weighted by Crippen LogP contribution is -2.28. The third-order valence-electron chi connectivity index (χ3n) is 2.52. The van der Waals surface area contributed by atoms with Crippen LogP contribution in [0.3, 0.4) is 0 Å². The number of rotatable bonds is 5. The van der Waals surface area contributed by atoms with Crippen molar-refractivity contribution in [3.05, 3.63) is 28.7 Å². The van der Waals surface area contributed by atoms with Gasteiger partial charge < -0.3 is 10.6 Å². The maximum Gasteiger partial charge on any atom is 0.272 e. The Hall–Kier alpha value is -2.22. The summed E-state index contributed by atoms with van der Waals surface area (Å²) < 4.78 is 0. The highest BCUT2D eigenvalue weighted by Gasteiger charge is 2.18. The highest BCUT2D eigenvalue weighted by atomic mass is 35.5. The number of nitrogens with zero attached hydrogens (tertiary/aromatic N) is 4. The molecule has 2 aromatic rings. The predicted octanol–water partition coefficient (Wildman–Crippen LogP) is 1.17. The Morgan fingerprint density at radius 1 is 1.50 bits per heavy atom. The molecule has 0 spiro atoms. The summed E-state index contributed by atoms with van der Waals surface area (Å²) >= 11 is 6.00. The fourth-order valence-corrected chi connectivity index (χ4v) is 1.75. The van der Waals surface area contributed by atoms with Gasteiger partial charge in [0.05, 0.1) is 11.1 Å². The number of amides is 1. The molecule has 0 saturated carbocycles. The van der Waals surface area contributed by atoms with Gasteiger partial charge in [-0.15, -0.1) is 10.2 Å². The van der Waals surface area contributed by atoms with Crippen LogP contribution in [0.15, 0.2) is 12.1 Å². The first kappa shape index (κ1) is 14.2. The predicted molar refractivity (Wildman–Crippen MR) is 73.5 cm³/mol. The molecule has 2 aromatic heterocycles. The minimum Gasteiger partial charge on any atom is -0.370 e. The van der Waals surface area contributed by atoms with Crippen molar-refractivity contribution in [2.24, 2.45) is 0 Å². The van der Waals surface area contributed by atoms with E-state index in [1.807, 2.05) is 6.92 Å². The average Bonchev–Trinajstić information content (AvgIpc) is 2.95. The van der Waals surface area contributed by atoms with Crippen molar-refractivity contribution in [2.45, 2.75) is 19.9 Å². The van der Waals surface area contributed by atoms with Gasteiger partial charge in [0, 0.05) is 6.54 Å². The topological polar surface area (TPSA) is 108 Å². The Morgan fingerprint density at radius 3 is 2.95 bits per heavy atom. The standard InChI is InChI=1S/C11H14ClN7O/c1-3-13-8-5-4-7(12)9(15-8)11(20)14-6(2)10-16-18-19-17-10/h4-6H,3H2,1-2H3,(H,13,15)(H,14,20)(H,16,17,18,19). The molecular weight excluding hydrogens is 282 g/mol. The van der Waals surface area contributed by atoms with Gasteiger partial charge in [0.2, 0.25) is 0 Å². The smallest absolute Gasteiger partial charge is 0.272 e. The molecule has 8 nitrogen and oxygen atoms in total. The Kier molecular flexibility index (Phi) is 4.46. The van der Waals surface area contributed by atoms with Gasteiger partial charge in [0.25, 0.3) is 5.91 Å². The van der Waals surface area contributed by atoms with Gasteiger partial charge in [-0.25, -0.2) is 4.98 Å². The summed E-state index contributed by atoms with van der Waals surface area (Å²) in [6.45, 7) is 4.38. The maximum atomic E-state index is 12.2. The van der Waals surface area contributed by atoms with Gasteiger partial charge in [0.15, 0.2) is 5.82 Å². The third kappa shape index (κ3) is 3.21. The molecule has 3 N–H and O–H groups in total. The molecule has 1 unspecified atom stereocenters. The Morgan fingerprint density at radius 2 is 2.30 bits per heavy atom. The number of halogens is 1. The Balaban J connectivity index is 2.14. The van der Waals surface area contributed by atoms with Crippen LogP contribution in [0.2, 0.25) is 5.02 Å². The van der Waals surface area contributed by atoms with E-state index in [1.54, 1.807) is 19.1 Å². The van der Waals surface area contributed by atoms with E-state index < -0.39 is 11.9 Å². The SMILES string of the molecule is CCNc1ccc(Cl)c(C(=O)NC(C)c2nn[nH]n2)n1. The number of nitrogens with one attached hydrogen (secondary N) is 3. The van der Waals surface area contributed by atoms with E-state index >= 15 is 0 Å². The monoisotopic (exact) mass is 295 g/mol. The number of anilines is 1. The zero-order valence-electron chi connectivity index (χ0n) is 11.0. The summed E-state index contributed by atoms with van der Waals surface area (Å²) in [5, 5.41) is 19.4. The number of H-pyrrole nitrogens is 1. The fraction of sp³-hybridized carbons (Fsp3) is 0.364. The number of carbonyl (C=O) groups is 1. The van der Waals surface area contributed by atoms with Gasteiger partial charge in [-0.05, 0) is 26.0 Å². The van der Waals surface area contributed by atoms with Crippen molar-refractivity contribution in [3.8, 4) is 0 Å². The molecule has 1 amide bonds. The molecular formula is C11H14ClN7O. The molecule has 2 rings (SSSR count). The zero-order chi connectivity index (χ0) is 14.5. The van der Waals surface area contributed by atoms with Crippen LogP contribution in [-0.2, 0) is 0 Å². The largest absolute Gasteiger partial charge is 0.370 e. The molecule has 2 heterocycles. The molecule has 106 valence electrons. The van der Waals surface area contributed by atoms with E-state index in [-0.39, 0.29) is 10.7 Å². The molecule has 0 radical (unpaired) electrons. The molecule has 0 fully saturated rings.